The van der Waals surface area contributed by atoms with E-state index in [2.05, 4.69) is 15.2 Å². The van der Waals surface area contributed by atoms with Crippen molar-refractivity contribution >= 4 is 40.1 Å². The van der Waals surface area contributed by atoms with Crippen molar-refractivity contribution in [3.05, 3.63) is 87.8 Å². The Balaban J connectivity index is 0.993. The van der Waals surface area contributed by atoms with Crippen LogP contribution >= 0.6 is 11.3 Å². The Labute approximate surface area is 386 Å². The lowest BCUT2D eigenvalue weighted by molar-refractivity contribution is -0.132. The number of aromatic nitrogens is 2. The predicted octanol–water partition coefficient (Wildman–Crippen LogP) is 5.69. The summed E-state index contributed by atoms with van der Waals surface area (Å²) in [4.78, 5) is 58.3. The van der Waals surface area contributed by atoms with Crippen molar-refractivity contribution < 1.29 is 51.6 Å². The maximum Gasteiger partial charge on any atom is 0.410 e. The van der Waals surface area contributed by atoms with Gasteiger partial charge in [-0.3, -0.25) is 19.5 Å². The van der Waals surface area contributed by atoms with Gasteiger partial charge in [-0.25, -0.2) is 18.6 Å². The van der Waals surface area contributed by atoms with Gasteiger partial charge < -0.3 is 44.1 Å². The first-order valence-corrected chi connectivity index (χ1v) is 23.0. The Morgan fingerprint density at radius 3 is 2.45 bits per heavy atom. The molecule has 2 aromatic heterocycles. The van der Waals surface area contributed by atoms with E-state index in [1.807, 2.05) is 26.8 Å². The van der Waals surface area contributed by atoms with Gasteiger partial charge in [0.1, 0.15) is 24.1 Å². The molecule has 66 heavy (non-hydrogen) atoms. The van der Waals surface area contributed by atoms with Crippen molar-refractivity contribution in [1.29, 1.82) is 0 Å². The van der Waals surface area contributed by atoms with E-state index in [-0.39, 0.29) is 70.1 Å². The maximum atomic E-state index is 15.1. The molecular weight excluding hydrogens is 880 g/mol. The summed E-state index contributed by atoms with van der Waals surface area (Å²) in [6.07, 6.45) is -0.222. The van der Waals surface area contributed by atoms with Crippen molar-refractivity contribution in [1.82, 2.24) is 25.1 Å². The Kier molecular flexibility index (Phi) is 15.2. The lowest BCUT2D eigenvalue weighted by Gasteiger charge is -2.44. The molecule has 7 rings (SSSR count). The first kappa shape index (κ1) is 48.6. The van der Waals surface area contributed by atoms with Crippen LogP contribution in [0.25, 0.3) is 11.3 Å². The zero-order valence-electron chi connectivity index (χ0n) is 38.2. The number of aliphatic hydroxyl groups is 1. The largest absolute Gasteiger partial charge is 0.487 e. The summed E-state index contributed by atoms with van der Waals surface area (Å²) in [6, 6.07) is 9.04. The van der Waals surface area contributed by atoms with Crippen molar-refractivity contribution in [3.63, 3.8) is 0 Å². The molecule has 3 aliphatic heterocycles. The first-order chi connectivity index (χ1) is 31.4. The second-order valence-corrected chi connectivity index (χ2v) is 19.2. The quantitative estimate of drug-likeness (QED) is 0.141. The van der Waals surface area contributed by atoms with E-state index in [1.54, 1.807) is 48.1 Å². The van der Waals surface area contributed by atoms with Crippen LogP contribution in [0.5, 0.6) is 5.75 Å². The van der Waals surface area contributed by atoms with E-state index in [4.69, 9.17) is 23.9 Å². The molecule has 0 bridgehead atoms. The van der Waals surface area contributed by atoms with Crippen LogP contribution in [0.4, 0.5) is 28.8 Å². The highest BCUT2D eigenvalue weighted by Crippen LogP contribution is 2.41. The number of nitrogens with zero attached hydrogens (tertiary/aromatic N) is 6. The van der Waals surface area contributed by atoms with Gasteiger partial charge in [-0.1, -0.05) is 26.0 Å². The van der Waals surface area contributed by atoms with E-state index < -0.39 is 46.7 Å². The van der Waals surface area contributed by atoms with E-state index in [0.29, 0.717) is 73.2 Å². The summed E-state index contributed by atoms with van der Waals surface area (Å²) in [5.74, 6) is -3.56. The molecule has 0 saturated carbocycles. The van der Waals surface area contributed by atoms with Crippen LogP contribution in [-0.2, 0) is 42.2 Å². The summed E-state index contributed by atoms with van der Waals surface area (Å²) < 4.78 is 65.7. The summed E-state index contributed by atoms with van der Waals surface area (Å²) in [5, 5.41) is 15.7. The minimum absolute atomic E-state index is 0.0106. The number of nitrogens with one attached hydrogen (secondary N) is 1. The highest BCUT2D eigenvalue weighted by Gasteiger charge is 2.44. The van der Waals surface area contributed by atoms with Crippen LogP contribution in [0.1, 0.15) is 64.1 Å². The topological polar surface area (TPSA) is 159 Å². The van der Waals surface area contributed by atoms with Crippen LogP contribution in [-0.4, -0.2) is 139 Å². The molecular formula is C47H58F3N7O8S. The van der Waals surface area contributed by atoms with E-state index in [0.717, 1.165) is 16.8 Å². The summed E-state index contributed by atoms with van der Waals surface area (Å²) >= 11 is 1.39. The number of fused-ring (bicyclic) bond motifs is 1. The lowest BCUT2D eigenvalue weighted by atomic mass is 9.90. The van der Waals surface area contributed by atoms with Crippen LogP contribution in [0, 0.1) is 17.5 Å². The lowest BCUT2D eigenvalue weighted by Crippen LogP contribution is -2.65. The Hall–Kier alpha value is -5.34. The van der Waals surface area contributed by atoms with Gasteiger partial charge in [0.2, 0.25) is 17.6 Å². The minimum atomic E-state index is -1.14. The normalized spacial score (nSPS) is 18.6. The molecule has 4 aromatic rings. The molecule has 356 valence electrons. The fraction of sp³-hybridized carbons (Fsp3) is 0.511. The average Bonchev–Trinajstić information content (AvgIpc) is 3.87. The third-order valence-electron chi connectivity index (χ3n) is 11.6. The Bertz CT molecular complexity index is 2370. The number of ether oxygens (including phenoxy) is 4. The molecule has 2 N–H and O–H groups in total. The number of amides is 3. The summed E-state index contributed by atoms with van der Waals surface area (Å²) in [5.41, 5.74) is 2.65. The Morgan fingerprint density at radius 2 is 1.74 bits per heavy atom. The highest BCUT2D eigenvalue weighted by molar-refractivity contribution is 7.14. The van der Waals surface area contributed by atoms with Gasteiger partial charge >= 0.3 is 6.09 Å². The van der Waals surface area contributed by atoms with Crippen molar-refractivity contribution in [3.8, 4) is 17.0 Å². The number of carbonyl (C=O) groups excluding carboxylic acids is 3. The number of piperazine rings is 1. The summed E-state index contributed by atoms with van der Waals surface area (Å²) in [7, 11) is 0. The highest BCUT2D eigenvalue weighted by atomic mass is 32.1. The summed E-state index contributed by atoms with van der Waals surface area (Å²) in [6.45, 7) is 13.5. The van der Waals surface area contributed by atoms with Crippen LogP contribution in [0.2, 0.25) is 0 Å². The molecule has 0 spiro atoms. The number of anilines is 2. The number of halogens is 3. The molecule has 5 heterocycles. The number of benzene rings is 2. The molecule has 0 unspecified atom stereocenters. The smallest absolute Gasteiger partial charge is 0.410 e. The number of carbonyl (C=O) groups is 3. The average molecular weight is 938 g/mol. The molecule has 2 saturated heterocycles. The molecule has 2 atom stereocenters. The second-order valence-electron chi connectivity index (χ2n) is 18.3. The molecule has 19 heteroatoms. The zero-order valence-corrected chi connectivity index (χ0v) is 39.0. The van der Waals surface area contributed by atoms with E-state index >= 15 is 4.39 Å². The monoisotopic (exact) mass is 937 g/mol. The maximum absolute atomic E-state index is 15.1. The Morgan fingerprint density at radius 1 is 1.00 bits per heavy atom. The number of thiazole rings is 1. The van der Waals surface area contributed by atoms with Gasteiger partial charge in [-0.15, -0.1) is 11.3 Å². The van der Waals surface area contributed by atoms with Gasteiger partial charge in [-0.2, -0.15) is 4.39 Å². The second kappa shape index (κ2) is 20.7. The molecule has 0 aliphatic carbocycles. The third kappa shape index (κ3) is 11.4. The van der Waals surface area contributed by atoms with Gasteiger partial charge in [0.25, 0.3) is 0 Å². The molecule has 3 amide bonds. The number of hydrogen-bond donors (Lipinski definition) is 2. The third-order valence-corrected chi connectivity index (χ3v) is 12.5. The first-order valence-electron chi connectivity index (χ1n) is 22.1. The van der Waals surface area contributed by atoms with Gasteiger partial charge in [0.15, 0.2) is 16.7 Å². The van der Waals surface area contributed by atoms with E-state index in [9.17, 15) is 28.3 Å². The fourth-order valence-electron chi connectivity index (χ4n) is 8.31. The van der Waals surface area contributed by atoms with Crippen LogP contribution in [0.15, 0.2) is 47.8 Å². The molecule has 2 aromatic carbocycles. The van der Waals surface area contributed by atoms with Crippen molar-refractivity contribution in [2.75, 3.05) is 88.6 Å². The number of morpholine rings is 1. The predicted molar refractivity (Wildman–Crippen MR) is 242 cm³/mol. The zero-order chi connectivity index (χ0) is 47.3. The van der Waals surface area contributed by atoms with Crippen molar-refractivity contribution in [2.45, 2.75) is 77.7 Å². The number of hydrogen-bond acceptors (Lipinski definition) is 13. The SMILES string of the molecule is C[C@@H]1CN(CC(=O)N2CC(C)(C)c3nc(CO)c(Cc4ccc(F)cc4)cc32)[C@@H](C(=O)NCCOCCOc2c(-c3csc(N4CCOCC4)n3)ccc(F)c2F)CN1C(=O)OC(C)(C)C. The number of aliphatic hydroxyl groups excluding tert-OH is 1. The van der Waals surface area contributed by atoms with Crippen LogP contribution < -0.4 is 19.9 Å². The standard InChI is InChI=1S/C47H58F3N7O8S/c1-29-23-55(25-39(59)57-28-47(5,6)42-37(57)22-31(35(26-58)52-42)21-30-7-9-32(48)10-8-30)38(24-56(29)45(61)65-46(2,3)4)43(60)51-13-16-62-19-20-64-41-33(11-12-34(49)40(41)50)36-27-66-44(53-36)54-14-17-63-18-15-54/h7-12,22,27,29,38,58H,13-21,23-26,28H2,1-6H3,(H,51,60)/t29-,38-/m1/s1. The van der Waals surface area contributed by atoms with Crippen LogP contribution in [0.3, 0.4) is 0 Å². The van der Waals surface area contributed by atoms with Gasteiger partial charge in [0.05, 0.1) is 62.3 Å². The number of pyridine rings is 1. The molecule has 2 fully saturated rings. The molecule has 0 radical (unpaired) electrons. The van der Waals surface area contributed by atoms with E-state index in [1.165, 1.54) is 34.4 Å². The minimum Gasteiger partial charge on any atom is -0.487 e. The molecule has 15 nitrogen and oxygen atoms in total. The van der Waals surface area contributed by atoms with Crippen molar-refractivity contribution in [2.24, 2.45) is 0 Å². The molecule has 3 aliphatic rings. The fourth-order valence-corrected chi connectivity index (χ4v) is 9.19. The number of rotatable bonds is 15. The van der Waals surface area contributed by atoms with Gasteiger partial charge in [0, 0.05) is 61.7 Å². The van der Waals surface area contributed by atoms with Gasteiger partial charge in [-0.05, 0) is 75.6 Å².